The van der Waals surface area contributed by atoms with Crippen molar-refractivity contribution in [1.82, 2.24) is 0 Å². The van der Waals surface area contributed by atoms with E-state index in [-0.39, 0.29) is 33.4 Å². The molecule has 0 atom stereocenters. The van der Waals surface area contributed by atoms with Crippen LogP contribution in [0.4, 0.5) is 26.3 Å². The van der Waals surface area contributed by atoms with Crippen LogP contribution in [0.2, 0.25) is 0 Å². The van der Waals surface area contributed by atoms with Crippen molar-refractivity contribution in [3.63, 3.8) is 0 Å². The number of hydrogen-bond acceptors (Lipinski definition) is 2. The summed E-state index contributed by atoms with van der Waals surface area (Å²) in [7, 11) is 0. The van der Waals surface area contributed by atoms with Gasteiger partial charge in [0.1, 0.15) is 0 Å². The van der Waals surface area contributed by atoms with E-state index in [1.54, 1.807) is 26.0 Å². The predicted molar refractivity (Wildman–Crippen MR) is 130 cm³/mol. The highest BCUT2D eigenvalue weighted by Gasteiger charge is 2.37. The van der Waals surface area contributed by atoms with E-state index in [1.165, 1.54) is 36.4 Å². The molecule has 0 saturated carbocycles. The van der Waals surface area contributed by atoms with Gasteiger partial charge in [-0.25, -0.2) is 0 Å². The lowest BCUT2D eigenvalue weighted by Crippen LogP contribution is -2.25. The topological polar surface area (TPSA) is 34.1 Å². The molecule has 0 unspecified atom stereocenters. The summed E-state index contributed by atoms with van der Waals surface area (Å²) in [4.78, 5) is 27.9. The second-order valence-electron chi connectivity index (χ2n) is 9.17. The first-order valence-corrected chi connectivity index (χ1v) is 11.5. The lowest BCUT2D eigenvalue weighted by atomic mass is 9.75. The first-order chi connectivity index (χ1) is 17.8. The molecule has 0 aromatic heterocycles. The molecule has 192 valence electrons. The van der Waals surface area contributed by atoms with Crippen LogP contribution in [-0.2, 0) is 12.4 Å². The summed E-state index contributed by atoms with van der Waals surface area (Å²) in [5.41, 5.74) is 0.934. The molecule has 38 heavy (non-hydrogen) atoms. The highest BCUT2D eigenvalue weighted by Crippen LogP contribution is 2.42. The minimum Gasteiger partial charge on any atom is -0.289 e. The Bertz CT molecular complexity index is 1490. The summed E-state index contributed by atoms with van der Waals surface area (Å²) >= 11 is 0. The van der Waals surface area contributed by atoms with Crippen molar-refractivity contribution < 1.29 is 35.9 Å². The largest absolute Gasteiger partial charge is 0.416 e. The number of carbonyl (C=O) groups is 2. The van der Waals surface area contributed by atoms with Crippen LogP contribution in [0.25, 0.3) is 22.3 Å². The van der Waals surface area contributed by atoms with Crippen molar-refractivity contribution in [3.8, 4) is 22.3 Å². The van der Waals surface area contributed by atoms with Crippen LogP contribution in [0.15, 0.2) is 72.8 Å². The third-order valence-electron chi connectivity index (χ3n) is 6.78. The van der Waals surface area contributed by atoms with E-state index in [0.717, 1.165) is 24.3 Å². The van der Waals surface area contributed by atoms with E-state index in [1.807, 2.05) is 0 Å². The first-order valence-electron chi connectivity index (χ1n) is 11.5. The van der Waals surface area contributed by atoms with Crippen molar-refractivity contribution >= 4 is 11.6 Å². The molecule has 0 heterocycles. The molecule has 8 heteroatoms. The van der Waals surface area contributed by atoms with E-state index in [4.69, 9.17) is 0 Å². The minimum atomic E-state index is -4.55. The normalized spacial score (nSPS) is 13.4. The van der Waals surface area contributed by atoms with E-state index >= 15 is 0 Å². The van der Waals surface area contributed by atoms with Crippen LogP contribution in [-0.4, -0.2) is 11.6 Å². The zero-order valence-corrected chi connectivity index (χ0v) is 20.0. The minimum absolute atomic E-state index is 0.00774. The summed E-state index contributed by atoms with van der Waals surface area (Å²) in [5, 5.41) is 0. The molecule has 0 saturated heterocycles. The molecule has 0 bridgehead atoms. The number of alkyl halides is 6. The van der Waals surface area contributed by atoms with Gasteiger partial charge in [-0.05, 0) is 71.5 Å². The van der Waals surface area contributed by atoms with Crippen molar-refractivity contribution in [2.24, 2.45) is 0 Å². The van der Waals surface area contributed by atoms with E-state index in [0.29, 0.717) is 22.3 Å². The van der Waals surface area contributed by atoms with Gasteiger partial charge in [0.2, 0.25) is 0 Å². The Hall–Kier alpha value is -4.20. The maximum absolute atomic E-state index is 13.9. The predicted octanol–water partition coefficient (Wildman–Crippen LogP) is 8.45. The van der Waals surface area contributed by atoms with Gasteiger partial charge >= 0.3 is 12.4 Å². The van der Waals surface area contributed by atoms with Crippen LogP contribution in [0, 0.1) is 13.8 Å². The number of hydrogen-bond donors (Lipinski definition) is 0. The lowest BCUT2D eigenvalue weighted by molar-refractivity contribution is -0.138. The standard InChI is InChI=1S/C30H18F6O2/c1-15-3-4-16(2)24-23(15)27(37)25-21(17-5-9-19(10-6-17)29(31,32)33)13-14-22(26(25)28(24)38)18-7-11-20(12-8-18)30(34,35)36/h3-14H,1-2H3. The SMILES string of the molecule is Cc1ccc(C)c2c1C(=O)c1c(-c3ccc(C(F)(F)F)cc3)ccc(-c3ccc(C(F)(F)F)cc3)c1C2=O. The third kappa shape index (κ3) is 4.10. The molecule has 0 N–H and O–H groups in total. The Balaban J connectivity index is 1.78. The molecule has 2 nitrogen and oxygen atoms in total. The number of halogens is 6. The molecule has 4 aromatic rings. The highest BCUT2D eigenvalue weighted by atomic mass is 19.4. The summed E-state index contributed by atoms with van der Waals surface area (Å²) < 4.78 is 78.8. The molecule has 0 amide bonds. The monoisotopic (exact) mass is 524 g/mol. The number of rotatable bonds is 2. The molecular weight excluding hydrogens is 506 g/mol. The molecule has 0 aliphatic heterocycles. The van der Waals surface area contributed by atoms with Gasteiger partial charge in [0.05, 0.1) is 11.1 Å². The van der Waals surface area contributed by atoms with Crippen LogP contribution in [0.3, 0.4) is 0 Å². The van der Waals surface area contributed by atoms with Crippen LogP contribution in [0.5, 0.6) is 0 Å². The molecule has 1 aliphatic carbocycles. The number of fused-ring (bicyclic) bond motifs is 2. The average Bonchev–Trinajstić information content (AvgIpc) is 2.87. The first kappa shape index (κ1) is 25.4. The molecule has 0 spiro atoms. The fraction of sp³-hybridized carbons (Fsp3) is 0.133. The van der Waals surface area contributed by atoms with Crippen molar-refractivity contribution in [3.05, 3.63) is 117 Å². The zero-order chi connectivity index (χ0) is 27.6. The molecule has 5 rings (SSSR count). The van der Waals surface area contributed by atoms with E-state index in [9.17, 15) is 35.9 Å². The second-order valence-corrected chi connectivity index (χ2v) is 9.17. The number of benzene rings is 4. The van der Waals surface area contributed by atoms with Crippen molar-refractivity contribution in [2.45, 2.75) is 26.2 Å². The Morgan fingerprint density at radius 3 is 1.05 bits per heavy atom. The zero-order valence-electron chi connectivity index (χ0n) is 20.0. The van der Waals surface area contributed by atoms with Crippen LogP contribution < -0.4 is 0 Å². The smallest absolute Gasteiger partial charge is 0.289 e. The summed E-state index contributed by atoms with van der Waals surface area (Å²) in [6, 6.07) is 14.9. The quantitative estimate of drug-likeness (QED) is 0.217. The van der Waals surface area contributed by atoms with Crippen molar-refractivity contribution in [2.75, 3.05) is 0 Å². The highest BCUT2D eigenvalue weighted by molar-refractivity contribution is 6.33. The number of ketones is 2. The Morgan fingerprint density at radius 2 is 0.763 bits per heavy atom. The van der Waals surface area contributed by atoms with Gasteiger partial charge in [-0.1, -0.05) is 48.5 Å². The third-order valence-corrected chi connectivity index (χ3v) is 6.78. The van der Waals surface area contributed by atoms with Gasteiger partial charge in [0, 0.05) is 22.3 Å². The maximum atomic E-state index is 13.9. The van der Waals surface area contributed by atoms with E-state index in [2.05, 4.69) is 0 Å². The Labute approximate surface area is 213 Å². The Kier molecular flexibility index (Phi) is 5.82. The lowest BCUT2D eigenvalue weighted by Gasteiger charge is -2.26. The van der Waals surface area contributed by atoms with Gasteiger partial charge in [0.25, 0.3) is 0 Å². The number of aryl methyl sites for hydroxylation is 2. The fourth-order valence-corrected chi connectivity index (χ4v) is 4.88. The second kappa shape index (κ2) is 8.68. The van der Waals surface area contributed by atoms with Crippen LogP contribution >= 0.6 is 0 Å². The van der Waals surface area contributed by atoms with Gasteiger partial charge in [0.15, 0.2) is 11.6 Å². The Morgan fingerprint density at radius 1 is 0.447 bits per heavy atom. The maximum Gasteiger partial charge on any atom is 0.416 e. The summed E-state index contributed by atoms with van der Waals surface area (Å²) in [6.07, 6.45) is -9.10. The van der Waals surface area contributed by atoms with Crippen molar-refractivity contribution in [1.29, 1.82) is 0 Å². The van der Waals surface area contributed by atoms with Gasteiger partial charge < -0.3 is 0 Å². The summed E-state index contributed by atoms with van der Waals surface area (Å²) in [6.45, 7) is 3.37. The van der Waals surface area contributed by atoms with Gasteiger partial charge in [-0.3, -0.25) is 9.59 Å². The van der Waals surface area contributed by atoms with E-state index < -0.39 is 35.0 Å². The average molecular weight is 524 g/mol. The fourth-order valence-electron chi connectivity index (χ4n) is 4.88. The molecule has 0 radical (unpaired) electrons. The number of carbonyl (C=O) groups excluding carboxylic acids is 2. The molecule has 4 aromatic carbocycles. The van der Waals surface area contributed by atoms with Gasteiger partial charge in [-0.2, -0.15) is 26.3 Å². The summed E-state index contributed by atoms with van der Waals surface area (Å²) in [5.74, 6) is -0.945. The molecule has 1 aliphatic rings. The van der Waals surface area contributed by atoms with Gasteiger partial charge in [-0.15, -0.1) is 0 Å². The van der Waals surface area contributed by atoms with Crippen LogP contribution in [0.1, 0.15) is 54.1 Å². The molecule has 0 fully saturated rings. The molecular formula is C30H18F6O2.